The van der Waals surface area contributed by atoms with Crippen LogP contribution in [-0.2, 0) is 18.6 Å². The van der Waals surface area contributed by atoms with E-state index in [2.05, 4.69) is 9.84 Å². The lowest BCUT2D eigenvalue weighted by Gasteiger charge is -2.17. The fraction of sp³-hybridized carbons (Fsp3) is 0.588. The largest absolute Gasteiger partial charge is 0.469 e. The van der Waals surface area contributed by atoms with Crippen molar-refractivity contribution in [3.63, 3.8) is 0 Å². The van der Waals surface area contributed by atoms with Gasteiger partial charge in [0.2, 0.25) is 5.91 Å². The third-order valence-corrected chi connectivity index (χ3v) is 4.96. The molecule has 12 nitrogen and oxygen atoms in total. The van der Waals surface area contributed by atoms with E-state index in [0.29, 0.717) is 6.42 Å². The van der Waals surface area contributed by atoms with Crippen molar-refractivity contribution >= 4 is 19.6 Å². The Balaban J connectivity index is 2.13. The SMILES string of the molecule is CC(C)CC(NC(=O)c1ccc[n+]([C@@H]2O[C@H](COP(=O)(O)O)[C@@H](O)[C@H]2O)c1)C(N)=O. The van der Waals surface area contributed by atoms with Crippen molar-refractivity contribution in [1.82, 2.24) is 5.32 Å². The average Bonchev–Trinajstić information content (AvgIpc) is 2.93. The number of carbonyl (C=O) groups excluding carboxylic acids is 2. The first-order valence-electron chi connectivity index (χ1n) is 9.21. The first-order chi connectivity index (χ1) is 13.9. The lowest BCUT2D eigenvalue weighted by Crippen LogP contribution is -2.48. The molecule has 2 amide bonds. The van der Waals surface area contributed by atoms with Crippen molar-refractivity contribution in [3.8, 4) is 0 Å². The number of pyridine rings is 1. The van der Waals surface area contributed by atoms with Gasteiger partial charge in [-0.25, -0.2) is 4.57 Å². The number of nitrogens with zero attached hydrogens (tertiary/aromatic N) is 1. The lowest BCUT2D eigenvalue weighted by molar-refractivity contribution is -0.765. The molecule has 1 aromatic heterocycles. The van der Waals surface area contributed by atoms with E-state index < -0.39 is 56.8 Å². The van der Waals surface area contributed by atoms with Crippen molar-refractivity contribution in [2.24, 2.45) is 11.7 Å². The molecule has 0 spiro atoms. The van der Waals surface area contributed by atoms with Crippen LogP contribution in [0.2, 0.25) is 0 Å². The van der Waals surface area contributed by atoms with Crippen LogP contribution in [0.3, 0.4) is 0 Å². The van der Waals surface area contributed by atoms with Crippen LogP contribution in [0.1, 0.15) is 36.9 Å². The molecular weight excluding hydrogens is 421 g/mol. The molecule has 7 N–H and O–H groups in total. The van der Waals surface area contributed by atoms with Gasteiger partial charge in [-0.05, 0) is 18.4 Å². The minimum atomic E-state index is -4.78. The van der Waals surface area contributed by atoms with Crippen molar-refractivity contribution in [1.29, 1.82) is 0 Å². The maximum Gasteiger partial charge on any atom is 0.469 e. The highest BCUT2D eigenvalue weighted by Crippen LogP contribution is 2.37. The maximum absolute atomic E-state index is 12.5. The fourth-order valence-corrected chi connectivity index (χ4v) is 3.37. The average molecular weight is 448 g/mol. The quantitative estimate of drug-likeness (QED) is 0.189. The topological polar surface area (TPSA) is 193 Å². The Morgan fingerprint density at radius 2 is 2.00 bits per heavy atom. The van der Waals surface area contributed by atoms with Crippen LogP contribution in [0.25, 0.3) is 0 Å². The van der Waals surface area contributed by atoms with Crippen molar-refractivity contribution < 1.29 is 48.0 Å². The summed E-state index contributed by atoms with van der Waals surface area (Å²) in [5.41, 5.74) is 5.49. The van der Waals surface area contributed by atoms with E-state index in [1.807, 2.05) is 13.8 Å². The summed E-state index contributed by atoms with van der Waals surface area (Å²) in [5, 5.41) is 22.9. The summed E-state index contributed by atoms with van der Waals surface area (Å²) in [6.45, 7) is 3.12. The number of aliphatic hydroxyl groups is 2. The number of ether oxygens (including phenoxy) is 1. The molecule has 13 heteroatoms. The number of phosphoric ester groups is 1. The van der Waals surface area contributed by atoms with Crippen LogP contribution in [0.5, 0.6) is 0 Å². The number of primary amides is 1. The number of amides is 2. The Hall–Kier alpha value is -1.92. The van der Waals surface area contributed by atoms with Crippen molar-refractivity contribution in [2.75, 3.05) is 6.61 Å². The predicted octanol–water partition coefficient (Wildman–Crippen LogP) is -1.67. The number of aliphatic hydroxyl groups excluding tert-OH is 2. The van der Waals surface area contributed by atoms with Crippen molar-refractivity contribution in [2.45, 2.75) is 50.8 Å². The second-order valence-corrected chi connectivity index (χ2v) is 8.67. The van der Waals surface area contributed by atoms with Crippen LogP contribution < -0.4 is 15.6 Å². The first kappa shape index (κ1) is 24.4. The van der Waals surface area contributed by atoms with Crippen LogP contribution >= 0.6 is 7.82 Å². The molecule has 0 radical (unpaired) electrons. The van der Waals surface area contributed by atoms with Gasteiger partial charge in [-0.2, -0.15) is 4.57 Å². The Kier molecular flexibility index (Phi) is 8.06. The molecule has 30 heavy (non-hydrogen) atoms. The van der Waals surface area contributed by atoms with Crippen LogP contribution in [0, 0.1) is 5.92 Å². The Labute approximate surface area is 172 Å². The van der Waals surface area contributed by atoms with E-state index in [1.54, 1.807) is 0 Å². The molecule has 1 unspecified atom stereocenters. The number of carbonyl (C=O) groups is 2. The molecule has 5 atom stereocenters. The van der Waals surface area contributed by atoms with Gasteiger partial charge >= 0.3 is 7.82 Å². The van der Waals surface area contributed by atoms with Gasteiger partial charge < -0.3 is 35.8 Å². The van der Waals surface area contributed by atoms with E-state index in [0.717, 1.165) is 0 Å². The van der Waals surface area contributed by atoms with Gasteiger partial charge in [0.1, 0.15) is 23.8 Å². The highest BCUT2D eigenvalue weighted by atomic mass is 31.2. The summed E-state index contributed by atoms with van der Waals surface area (Å²) in [6, 6.07) is 2.12. The number of nitrogens with two attached hydrogens (primary N) is 1. The zero-order valence-electron chi connectivity index (χ0n) is 16.5. The molecule has 1 aliphatic rings. The smallest absolute Gasteiger partial charge is 0.387 e. The second-order valence-electron chi connectivity index (χ2n) is 7.43. The van der Waals surface area contributed by atoms with E-state index in [4.69, 9.17) is 20.3 Å². The molecule has 1 aliphatic heterocycles. The molecule has 1 saturated heterocycles. The molecule has 0 aromatic carbocycles. The summed E-state index contributed by atoms with van der Waals surface area (Å²) in [5.74, 6) is -1.10. The molecule has 1 aromatic rings. The first-order valence-corrected chi connectivity index (χ1v) is 10.7. The molecular formula is C17H27N3O9P+. The number of hydrogen-bond donors (Lipinski definition) is 6. The summed E-state index contributed by atoms with van der Waals surface area (Å²) in [4.78, 5) is 41.7. The van der Waals surface area contributed by atoms with E-state index in [-0.39, 0.29) is 11.5 Å². The third kappa shape index (κ3) is 6.54. The molecule has 2 heterocycles. The van der Waals surface area contributed by atoms with Crippen molar-refractivity contribution in [3.05, 3.63) is 30.1 Å². The van der Waals surface area contributed by atoms with Crippen LogP contribution in [0.4, 0.5) is 0 Å². The molecule has 0 aliphatic carbocycles. The standard InChI is InChI=1S/C17H26N3O9P/c1-9(2)6-11(15(18)23)19-16(24)10-4-3-5-20(7-10)17-14(22)13(21)12(29-17)8-28-30(25,26)27/h3-5,7,9,11-14,17,21-22H,6,8H2,1-2H3,(H4-,18,19,23,24,25,26,27)/p+1/t11?,12-,13-,14-,17-/m1/s1. The highest BCUT2D eigenvalue weighted by Gasteiger charge is 2.49. The van der Waals surface area contributed by atoms with Gasteiger partial charge in [0, 0.05) is 6.07 Å². The van der Waals surface area contributed by atoms with Gasteiger partial charge in [0.05, 0.1) is 6.61 Å². The number of aromatic nitrogens is 1. The number of rotatable bonds is 9. The summed E-state index contributed by atoms with van der Waals surface area (Å²) >= 11 is 0. The Bertz CT molecular complexity index is 815. The predicted molar refractivity (Wildman–Crippen MR) is 100 cm³/mol. The molecule has 0 saturated carbocycles. The number of phosphoric acid groups is 1. The zero-order chi connectivity index (χ0) is 22.6. The Morgan fingerprint density at radius 1 is 1.33 bits per heavy atom. The fourth-order valence-electron chi connectivity index (χ4n) is 3.03. The summed E-state index contributed by atoms with van der Waals surface area (Å²) in [7, 11) is -4.78. The minimum Gasteiger partial charge on any atom is -0.387 e. The summed E-state index contributed by atoms with van der Waals surface area (Å²) < 4.78 is 22.0. The number of nitrogens with one attached hydrogen (secondary N) is 1. The van der Waals surface area contributed by atoms with Gasteiger partial charge in [0.25, 0.3) is 12.1 Å². The highest BCUT2D eigenvalue weighted by molar-refractivity contribution is 7.46. The Morgan fingerprint density at radius 3 is 2.57 bits per heavy atom. The maximum atomic E-state index is 12.5. The third-order valence-electron chi connectivity index (χ3n) is 4.48. The monoisotopic (exact) mass is 448 g/mol. The minimum absolute atomic E-state index is 0.124. The van der Waals surface area contributed by atoms with Crippen LogP contribution in [-0.4, -0.2) is 62.8 Å². The molecule has 2 rings (SSSR count). The molecule has 1 fully saturated rings. The summed E-state index contributed by atoms with van der Waals surface area (Å²) in [6.07, 6.45) is -2.08. The van der Waals surface area contributed by atoms with E-state index in [1.165, 1.54) is 29.1 Å². The molecule has 168 valence electrons. The van der Waals surface area contributed by atoms with Gasteiger partial charge in [-0.15, -0.1) is 0 Å². The zero-order valence-corrected chi connectivity index (χ0v) is 17.4. The van der Waals surface area contributed by atoms with Gasteiger partial charge in [-0.1, -0.05) is 13.8 Å². The van der Waals surface area contributed by atoms with Crippen LogP contribution in [0.15, 0.2) is 24.5 Å². The normalized spacial score (nSPS) is 25.3. The molecule has 0 bridgehead atoms. The van der Waals surface area contributed by atoms with E-state index in [9.17, 15) is 24.4 Å². The van der Waals surface area contributed by atoms with E-state index >= 15 is 0 Å². The van der Waals surface area contributed by atoms with Gasteiger partial charge in [0.15, 0.2) is 18.5 Å². The number of hydrogen-bond acceptors (Lipinski definition) is 7. The van der Waals surface area contributed by atoms with Gasteiger partial charge in [-0.3, -0.25) is 14.1 Å². The lowest BCUT2D eigenvalue weighted by atomic mass is 10.0. The second kappa shape index (κ2) is 9.92.